The van der Waals surface area contributed by atoms with Gasteiger partial charge in [0.2, 0.25) is 0 Å². The van der Waals surface area contributed by atoms with Gasteiger partial charge in [0.25, 0.3) is 5.91 Å². The summed E-state index contributed by atoms with van der Waals surface area (Å²) in [6, 6.07) is 8.49. The molecule has 0 saturated heterocycles. The van der Waals surface area contributed by atoms with Crippen molar-refractivity contribution < 1.29 is 14.6 Å². The van der Waals surface area contributed by atoms with E-state index in [1.165, 1.54) is 11.3 Å². The number of nitrogens with one attached hydrogen (secondary N) is 1. The predicted octanol–water partition coefficient (Wildman–Crippen LogP) is 3.85. The summed E-state index contributed by atoms with van der Waals surface area (Å²) in [5.74, 6) is 0.982. The molecule has 2 N–H and O–H groups in total. The highest BCUT2D eigenvalue weighted by molar-refractivity contribution is 7.20. The van der Waals surface area contributed by atoms with Crippen LogP contribution in [0.15, 0.2) is 42.7 Å². The van der Waals surface area contributed by atoms with Gasteiger partial charge in [-0.05, 0) is 37.3 Å². The van der Waals surface area contributed by atoms with Crippen molar-refractivity contribution in [2.45, 2.75) is 13.0 Å². The fourth-order valence-corrected chi connectivity index (χ4v) is 3.17. The number of thiophene rings is 1. The van der Waals surface area contributed by atoms with Gasteiger partial charge in [0.1, 0.15) is 5.75 Å². The second-order valence-corrected chi connectivity index (χ2v) is 6.79. The number of fused-ring (bicyclic) bond motifs is 1. The van der Waals surface area contributed by atoms with Crippen LogP contribution in [0.2, 0.25) is 5.02 Å². The lowest BCUT2D eigenvalue weighted by atomic mass is 10.2. The van der Waals surface area contributed by atoms with Gasteiger partial charge >= 0.3 is 0 Å². The number of aliphatic hydroxyl groups excluding tert-OH is 1. The minimum atomic E-state index is -0.300. The zero-order chi connectivity index (χ0) is 17.1. The van der Waals surface area contributed by atoms with Gasteiger partial charge < -0.3 is 15.2 Å². The number of nitrogens with zero attached hydrogens (tertiary/aromatic N) is 1. The molecule has 5 nitrogen and oxygen atoms in total. The zero-order valence-corrected chi connectivity index (χ0v) is 14.4. The first-order chi connectivity index (χ1) is 11.6. The van der Waals surface area contributed by atoms with E-state index in [-0.39, 0.29) is 18.6 Å². The summed E-state index contributed by atoms with van der Waals surface area (Å²) in [5.41, 5.74) is 0. The first-order valence-corrected chi connectivity index (χ1v) is 8.49. The molecule has 3 aromatic rings. The monoisotopic (exact) mass is 362 g/mol. The third-order valence-electron chi connectivity index (χ3n) is 3.33. The van der Waals surface area contributed by atoms with E-state index in [9.17, 15) is 4.79 Å². The van der Waals surface area contributed by atoms with Crippen LogP contribution >= 0.6 is 22.9 Å². The molecule has 0 saturated carbocycles. The molecule has 0 fully saturated rings. The van der Waals surface area contributed by atoms with Gasteiger partial charge in [-0.15, -0.1) is 11.3 Å². The second kappa shape index (κ2) is 7.17. The van der Waals surface area contributed by atoms with Crippen molar-refractivity contribution in [3.8, 4) is 11.5 Å². The van der Waals surface area contributed by atoms with Crippen LogP contribution in [0.25, 0.3) is 10.1 Å². The zero-order valence-electron chi connectivity index (χ0n) is 12.8. The van der Waals surface area contributed by atoms with E-state index in [0.717, 1.165) is 10.1 Å². The molecule has 0 aliphatic rings. The van der Waals surface area contributed by atoms with Crippen molar-refractivity contribution >= 4 is 38.9 Å². The SMILES string of the molecule is CC(CO)NC(=O)c1cc2c(Oc3ccc(Cl)cc3)cncc2s1. The minimum Gasteiger partial charge on any atom is -0.455 e. The summed E-state index contributed by atoms with van der Waals surface area (Å²) in [6.07, 6.45) is 3.31. The number of pyridine rings is 1. The molecule has 0 bridgehead atoms. The van der Waals surface area contributed by atoms with Gasteiger partial charge in [0, 0.05) is 22.6 Å². The maximum Gasteiger partial charge on any atom is 0.261 e. The van der Waals surface area contributed by atoms with E-state index >= 15 is 0 Å². The molecule has 2 heterocycles. The Hall–Kier alpha value is -2.15. The first kappa shape index (κ1) is 16.7. The molecular formula is C17H15ClN2O3S. The average Bonchev–Trinajstić information content (AvgIpc) is 3.02. The molecule has 7 heteroatoms. The summed E-state index contributed by atoms with van der Waals surface area (Å²) in [7, 11) is 0. The third-order valence-corrected chi connectivity index (χ3v) is 4.65. The third kappa shape index (κ3) is 3.67. The molecule has 0 radical (unpaired) electrons. The van der Waals surface area contributed by atoms with Gasteiger partial charge in [0.15, 0.2) is 5.75 Å². The molecule has 124 valence electrons. The number of hydrogen-bond donors (Lipinski definition) is 2. The quantitative estimate of drug-likeness (QED) is 0.723. The summed E-state index contributed by atoms with van der Waals surface area (Å²) in [5, 5.41) is 13.2. The molecule has 0 aliphatic carbocycles. The Morgan fingerprint density at radius 2 is 2.12 bits per heavy atom. The Labute approximate surface area is 147 Å². The van der Waals surface area contributed by atoms with Gasteiger partial charge in [0.05, 0.1) is 22.4 Å². The number of carbonyl (C=O) groups excluding carboxylic acids is 1. The lowest BCUT2D eigenvalue weighted by Gasteiger charge is -2.08. The lowest BCUT2D eigenvalue weighted by molar-refractivity contribution is 0.0926. The molecule has 1 atom stereocenters. The predicted molar refractivity (Wildman–Crippen MR) is 95.2 cm³/mol. The van der Waals surface area contributed by atoms with E-state index in [2.05, 4.69) is 10.3 Å². The van der Waals surface area contributed by atoms with E-state index in [1.807, 2.05) is 0 Å². The summed E-state index contributed by atoms with van der Waals surface area (Å²) < 4.78 is 6.71. The van der Waals surface area contributed by atoms with Crippen LogP contribution in [-0.4, -0.2) is 28.6 Å². The number of amides is 1. The van der Waals surface area contributed by atoms with Gasteiger partial charge in [-0.25, -0.2) is 0 Å². The molecule has 24 heavy (non-hydrogen) atoms. The van der Waals surface area contributed by atoms with Crippen molar-refractivity contribution in [3.05, 3.63) is 52.6 Å². The van der Waals surface area contributed by atoms with Crippen molar-refractivity contribution in [1.29, 1.82) is 0 Å². The van der Waals surface area contributed by atoms with Gasteiger partial charge in [-0.1, -0.05) is 11.6 Å². The van der Waals surface area contributed by atoms with E-state index in [0.29, 0.717) is 21.4 Å². The van der Waals surface area contributed by atoms with Crippen molar-refractivity contribution in [2.75, 3.05) is 6.61 Å². The van der Waals surface area contributed by atoms with Crippen LogP contribution in [-0.2, 0) is 0 Å². The summed E-state index contributed by atoms with van der Waals surface area (Å²) in [4.78, 5) is 16.9. The highest BCUT2D eigenvalue weighted by atomic mass is 35.5. The highest BCUT2D eigenvalue weighted by Gasteiger charge is 2.15. The normalized spacial score (nSPS) is 12.1. The molecule has 1 amide bonds. The Morgan fingerprint density at radius 1 is 1.38 bits per heavy atom. The van der Waals surface area contributed by atoms with Crippen LogP contribution in [0, 0.1) is 0 Å². The smallest absolute Gasteiger partial charge is 0.261 e. The highest BCUT2D eigenvalue weighted by Crippen LogP contribution is 2.34. The van der Waals surface area contributed by atoms with Crippen LogP contribution < -0.4 is 10.1 Å². The van der Waals surface area contributed by atoms with Crippen LogP contribution in [0.4, 0.5) is 0 Å². The number of rotatable bonds is 5. The molecule has 1 unspecified atom stereocenters. The fourth-order valence-electron chi connectivity index (χ4n) is 2.10. The molecular weight excluding hydrogens is 348 g/mol. The number of aromatic nitrogens is 1. The van der Waals surface area contributed by atoms with E-state index in [1.54, 1.807) is 49.6 Å². The van der Waals surface area contributed by atoms with E-state index < -0.39 is 0 Å². The van der Waals surface area contributed by atoms with Crippen molar-refractivity contribution in [2.24, 2.45) is 0 Å². The second-order valence-electron chi connectivity index (χ2n) is 5.27. The van der Waals surface area contributed by atoms with Crippen LogP contribution in [0.5, 0.6) is 11.5 Å². The molecule has 0 aliphatic heterocycles. The standard InChI is InChI=1S/C17H15ClN2O3S/c1-10(9-21)20-17(22)15-6-13-14(7-19-8-16(13)24-15)23-12-4-2-11(18)3-5-12/h2-8,10,21H,9H2,1H3,(H,20,22). The number of aliphatic hydroxyl groups is 1. The number of halogens is 1. The van der Waals surface area contributed by atoms with E-state index in [4.69, 9.17) is 21.4 Å². The van der Waals surface area contributed by atoms with Crippen LogP contribution in [0.3, 0.4) is 0 Å². The molecule has 2 aromatic heterocycles. The topological polar surface area (TPSA) is 71.5 Å². The minimum absolute atomic E-state index is 0.108. The number of carbonyl (C=O) groups is 1. The van der Waals surface area contributed by atoms with Crippen molar-refractivity contribution in [3.63, 3.8) is 0 Å². The first-order valence-electron chi connectivity index (χ1n) is 7.29. The Kier molecular flexibility index (Phi) is 4.99. The number of benzene rings is 1. The largest absolute Gasteiger partial charge is 0.455 e. The molecule has 3 rings (SSSR count). The average molecular weight is 363 g/mol. The molecule has 0 spiro atoms. The fraction of sp³-hybridized carbons (Fsp3) is 0.176. The van der Waals surface area contributed by atoms with Gasteiger partial charge in [-0.3, -0.25) is 9.78 Å². The Balaban J connectivity index is 1.89. The molecule has 1 aromatic carbocycles. The Morgan fingerprint density at radius 3 is 2.83 bits per heavy atom. The summed E-state index contributed by atoms with van der Waals surface area (Å²) >= 11 is 7.20. The maximum atomic E-state index is 12.2. The maximum absolute atomic E-state index is 12.2. The lowest BCUT2D eigenvalue weighted by Crippen LogP contribution is -2.34. The van der Waals surface area contributed by atoms with Crippen LogP contribution in [0.1, 0.15) is 16.6 Å². The Bertz CT molecular complexity index is 864. The van der Waals surface area contributed by atoms with Crippen molar-refractivity contribution in [1.82, 2.24) is 10.3 Å². The number of ether oxygens (including phenoxy) is 1. The summed E-state index contributed by atoms with van der Waals surface area (Å²) in [6.45, 7) is 1.63. The van der Waals surface area contributed by atoms with Gasteiger partial charge in [-0.2, -0.15) is 0 Å². The number of hydrogen-bond acceptors (Lipinski definition) is 5.